The Kier molecular flexibility index (Phi) is 7.07. The van der Waals surface area contributed by atoms with Crippen molar-refractivity contribution in [2.75, 3.05) is 23.3 Å². The molecule has 1 aromatic carbocycles. The number of anilines is 2. The summed E-state index contributed by atoms with van der Waals surface area (Å²) in [6, 6.07) is 6.44. The summed E-state index contributed by atoms with van der Waals surface area (Å²) in [5, 5.41) is 2.61. The summed E-state index contributed by atoms with van der Waals surface area (Å²) in [4.78, 5) is 58.2. The van der Waals surface area contributed by atoms with Crippen molar-refractivity contribution >= 4 is 34.5 Å². The maximum atomic E-state index is 13.7. The van der Waals surface area contributed by atoms with Crippen LogP contribution in [0.3, 0.4) is 0 Å². The molecule has 1 amide bonds. The molecule has 188 valence electrons. The monoisotopic (exact) mass is 491 g/mol. The second kappa shape index (κ2) is 10.2. The molecule has 3 N–H and O–H groups in total. The molecule has 0 unspecified atom stereocenters. The van der Waals surface area contributed by atoms with E-state index < -0.39 is 23.6 Å². The Bertz CT molecular complexity index is 1520. The standard InChI is InChI=1S/C25H29N7O4/c1-4-5-13-31-21-22(28-24(31)30-12-8-9-17(26)14-30)29(3)25(36)32(23(21)35)15-20(34)18-10-6-7-11-19(18)27-16(2)33/h6-7,10-11,17H,8-9,12-15,26H2,1-3H3,(H,27,33)/t17-/m1/s1. The van der Waals surface area contributed by atoms with E-state index in [4.69, 9.17) is 5.73 Å². The minimum absolute atomic E-state index is 0.0222. The van der Waals surface area contributed by atoms with Gasteiger partial charge in [-0.1, -0.05) is 18.1 Å². The zero-order valence-corrected chi connectivity index (χ0v) is 20.6. The number of carbonyl (C=O) groups is 2. The number of fused-ring (bicyclic) bond motifs is 1. The maximum Gasteiger partial charge on any atom is 0.332 e. The molecule has 11 heteroatoms. The molecule has 0 aliphatic carbocycles. The summed E-state index contributed by atoms with van der Waals surface area (Å²) in [6.45, 7) is 4.03. The summed E-state index contributed by atoms with van der Waals surface area (Å²) < 4.78 is 3.86. The van der Waals surface area contributed by atoms with Crippen molar-refractivity contribution in [1.82, 2.24) is 18.7 Å². The predicted molar refractivity (Wildman–Crippen MR) is 137 cm³/mol. The molecule has 3 heterocycles. The van der Waals surface area contributed by atoms with Crippen LogP contribution in [0.4, 0.5) is 11.6 Å². The first-order valence-corrected chi connectivity index (χ1v) is 11.7. The molecule has 1 aliphatic rings. The highest BCUT2D eigenvalue weighted by Gasteiger charge is 2.27. The summed E-state index contributed by atoms with van der Waals surface area (Å²) in [6.07, 6.45) is 1.79. The van der Waals surface area contributed by atoms with Crippen LogP contribution in [0, 0.1) is 11.8 Å². The van der Waals surface area contributed by atoms with Gasteiger partial charge in [0, 0.05) is 38.7 Å². The number of nitrogens with one attached hydrogen (secondary N) is 1. The molecule has 0 spiro atoms. The maximum absolute atomic E-state index is 13.7. The van der Waals surface area contributed by atoms with Gasteiger partial charge in [0.15, 0.2) is 16.9 Å². The number of nitrogens with two attached hydrogens (primary N) is 1. The zero-order valence-electron chi connectivity index (χ0n) is 20.6. The average Bonchev–Trinajstić information content (AvgIpc) is 3.23. The van der Waals surface area contributed by atoms with Crippen LogP contribution >= 0.6 is 0 Å². The zero-order chi connectivity index (χ0) is 26.0. The van der Waals surface area contributed by atoms with Crippen molar-refractivity contribution in [3.05, 3.63) is 50.7 Å². The number of hydrogen-bond acceptors (Lipinski definition) is 7. The van der Waals surface area contributed by atoms with E-state index >= 15 is 0 Å². The minimum Gasteiger partial charge on any atom is -0.341 e. The molecule has 1 aliphatic heterocycles. The Balaban J connectivity index is 1.85. The Hall–Kier alpha value is -4.17. The van der Waals surface area contributed by atoms with Crippen LogP contribution in [0.1, 0.15) is 37.0 Å². The Morgan fingerprint density at radius 1 is 1.22 bits per heavy atom. The lowest BCUT2D eigenvalue weighted by Gasteiger charge is -2.31. The predicted octanol–water partition coefficient (Wildman–Crippen LogP) is 0.689. The molecule has 0 bridgehead atoms. The molecule has 36 heavy (non-hydrogen) atoms. The summed E-state index contributed by atoms with van der Waals surface area (Å²) >= 11 is 0. The van der Waals surface area contributed by atoms with Crippen LogP contribution in [-0.4, -0.2) is 49.5 Å². The molecule has 1 fully saturated rings. The second-order valence-corrected chi connectivity index (χ2v) is 8.83. The number of Topliss-reactive ketones (excluding diaryl/α,β-unsaturated/α-hetero) is 1. The number of amides is 1. The molecule has 0 saturated carbocycles. The van der Waals surface area contributed by atoms with Crippen LogP contribution in [-0.2, 0) is 24.9 Å². The van der Waals surface area contributed by atoms with Crippen LogP contribution < -0.4 is 27.2 Å². The van der Waals surface area contributed by atoms with Crippen molar-refractivity contribution in [3.63, 3.8) is 0 Å². The molecule has 4 rings (SSSR count). The van der Waals surface area contributed by atoms with Gasteiger partial charge in [-0.25, -0.2) is 4.79 Å². The van der Waals surface area contributed by atoms with Crippen LogP contribution in [0.25, 0.3) is 11.2 Å². The van der Waals surface area contributed by atoms with E-state index in [9.17, 15) is 19.2 Å². The van der Waals surface area contributed by atoms with Gasteiger partial charge in [0.25, 0.3) is 5.56 Å². The van der Waals surface area contributed by atoms with Gasteiger partial charge in [0.2, 0.25) is 11.9 Å². The first-order valence-electron chi connectivity index (χ1n) is 11.7. The first kappa shape index (κ1) is 24.9. The van der Waals surface area contributed by atoms with Gasteiger partial charge in [-0.3, -0.25) is 28.1 Å². The van der Waals surface area contributed by atoms with Crippen LogP contribution in [0.2, 0.25) is 0 Å². The molecule has 0 radical (unpaired) electrons. The van der Waals surface area contributed by atoms with E-state index in [1.165, 1.54) is 18.5 Å². The van der Waals surface area contributed by atoms with Gasteiger partial charge >= 0.3 is 5.69 Å². The number of benzene rings is 1. The number of para-hydroxylation sites is 1. The highest BCUT2D eigenvalue weighted by Crippen LogP contribution is 2.23. The number of rotatable bonds is 6. The van der Waals surface area contributed by atoms with Crippen molar-refractivity contribution < 1.29 is 9.59 Å². The second-order valence-electron chi connectivity index (χ2n) is 8.83. The number of carbonyl (C=O) groups excluding carboxylic acids is 2. The van der Waals surface area contributed by atoms with Crippen LogP contribution in [0.15, 0.2) is 33.9 Å². The number of piperidine rings is 1. The van der Waals surface area contributed by atoms with Gasteiger partial charge in [0.1, 0.15) is 0 Å². The minimum atomic E-state index is -0.661. The summed E-state index contributed by atoms with van der Waals surface area (Å²) in [7, 11) is 1.52. The Morgan fingerprint density at radius 2 is 1.97 bits per heavy atom. The van der Waals surface area contributed by atoms with E-state index in [0.29, 0.717) is 18.2 Å². The Morgan fingerprint density at radius 3 is 2.67 bits per heavy atom. The quantitative estimate of drug-likeness (QED) is 0.382. The molecular weight excluding hydrogens is 462 g/mol. The molecular formula is C25H29N7O4. The number of imidazole rings is 1. The Labute approximate surface area is 207 Å². The lowest BCUT2D eigenvalue weighted by atomic mass is 10.1. The third-order valence-electron chi connectivity index (χ3n) is 6.21. The SMILES string of the molecule is CC#CCn1c(N2CCC[C@@H](N)C2)nc2c1c(=O)n(CC(=O)c1ccccc1NC(C)=O)c(=O)n2C. The van der Waals surface area contributed by atoms with E-state index in [-0.39, 0.29) is 35.2 Å². The number of aryl methyl sites for hydroxylation is 1. The van der Waals surface area contributed by atoms with Crippen molar-refractivity contribution in [1.29, 1.82) is 0 Å². The molecule has 3 aromatic rings. The summed E-state index contributed by atoms with van der Waals surface area (Å²) in [5.41, 5.74) is 5.82. The van der Waals surface area contributed by atoms with E-state index in [1.54, 1.807) is 35.8 Å². The smallest absolute Gasteiger partial charge is 0.332 e. The molecule has 1 atom stereocenters. The first-order chi connectivity index (χ1) is 17.2. The number of aromatic nitrogens is 4. The van der Waals surface area contributed by atoms with Gasteiger partial charge in [-0.05, 0) is 31.9 Å². The number of nitrogens with zero attached hydrogens (tertiary/aromatic N) is 5. The number of ketones is 1. The van der Waals surface area contributed by atoms with Gasteiger partial charge < -0.3 is 16.0 Å². The fraction of sp³-hybridized carbons (Fsp3) is 0.400. The average molecular weight is 492 g/mol. The van der Waals surface area contributed by atoms with Crippen LogP contribution in [0.5, 0.6) is 0 Å². The van der Waals surface area contributed by atoms with Crippen molar-refractivity contribution in [2.45, 2.75) is 45.8 Å². The fourth-order valence-corrected chi connectivity index (χ4v) is 4.49. The summed E-state index contributed by atoms with van der Waals surface area (Å²) in [5.74, 6) is 5.52. The number of hydrogen-bond donors (Lipinski definition) is 2. The normalized spacial score (nSPS) is 15.4. The third kappa shape index (κ3) is 4.67. The van der Waals surface area contributed by atoms with Gasteiger partial charge in [-0.15, -0.1) is 5.92 Å². The third-order valence-corrected chi connectivity index (χ3v) is 6.21. The van der Waals surface area contributed by atoms with Crippen molar-refractivity contribution in [3.8, 4) is 11.8 Å². The van der Waals surface area contributed by atoms with E-state index in [0.717, 1.165) is 24.0 Å². The highest BCUT2D eigenvalue weighted by atomic mass is 16.2. The molecule has 1 saturated heterocycles. The lowest BCUT2D eigenvalue weighted by molar-refractivity contribution is -0.114. The van der Waals surface area contributed by atoms with E-state index in [1.807, 2.05) is 4.90 Å². The fourth-order valence-electron chi connectivity index (χ4n) is 4.49. The van der Waals surface area contributed by atoms with Gasteiger partial charge in [-0.2, -0.15) is 4.98 Å². The lowest BCUT2D eigenvalue weighted by Crippen LogP contribution is -2.44. The highest BCUT2D eigenvalue weighted by molar-refractivity contribution is 6.04. The topological polar surface area (TPSA) is 137 Å². The van der Waals surface area contributed by atoms with Crippen molar-refractivity contribution in [2.24, 2.45) is 12.8 Å². The van der Waals surface area contributed by atoms with E-state index in [2.05, 4.69) is 22.1 Å². The molecule has 2 aromatic heterocycles. The van der Waals surface area contributed by atoms with Gasteiger partial charge in [0.05, 0.1) is 18.8 Å². The largest absolute Gasteiger partial charge is 0.341 e. The molecule has 11 nitrogen and oxygen atoms in total.